The van der Waals surface area contributed by atoms with Gasteiger partial charge < -0.3 is 4.74 Å². The fourth-order valence-corrected chi connectivity index (χ4v) is 2.01. The van der Waals surface area contributed by atoms with Gasteiger partial charge in [0.05, 0.1) is 5.56 Å². The summed E-state index contributed by atoms with van der Waals surface area (Å²) in [6.45, 7) is 0.397. The van der Waals surface area contributed by atoms with Crippen LogP contribution in [0.2, 0.25) is 0 Å². The molecule has 0 unspecified atom stereocenters. The number of carbonyl (C=O) groups excluding carboxylic acids is 1. The number of rotatable bonds is 4. The van der Waals surface area contributed by atoms with Crippen molar-refractivity contribution in [2.75, 3.05) is 0 Å². The molecule has 2 aromatic carbocycles. The molecule has 0 radical (unpaired) electrons. The molecule has 0 N–H and O–H groups in total. The van der Waals surface area contributed by atoms with Crippen molar-refractivity contribution in [1.29, 1.82) is 0 Å². The van der Waals surface area contributed by atoms with E-state index in [0.29, 0.717) is 17.9 Å². The summed E-state index contributed by atoms with van der Waals surface area (Å²) in [6, 6.07) is 14.9. The van der Waals surface area contributed by atoms with Gasteiger partial charge in [-0.1, -0.05) is 46.3 Å². The molecule has 0 aliphatic heterocycles. The van der Waals surface area contributed by atoms with Crippen LogP contribution in [-0.4, -0.2) is 5.24 Å². The summed E-state index contributed by atoms with van der Waals surface area (Å²) in [7, 11) is 0. The van der Waals surface area contributed by atoms with Crippen LogP contribution in [0, 0.1) is 0 Å². The van der Waals surface area contributed by atoms with Crippen LogP contribution in [0.5, 0.6) is 5.75 Å². The third-order valence-electron chi connectivity index (χ3n) is 2.39. The zero-order chi connectivity index (χ0) is 13.0. The number of hydrogen-bond acceptors (Lipinski definition) is 2. The zero-order valence-corrected chi connectivity index (χ0v) is 11.7. The Hall–Kier alpha value is -1.32. The molecule has 0 saturated carbocycles. The third-order valence-corrected chi connectivity index (χ3v) is 3.09. The maximum Gasteiger partial charge on any atom is 0.256 e. The Kier molecular flexibility index (Phi) is 4.39. The quantitative estimate of drug-likeness (QED) is 0.778. The molecule has 0 aliphatic carbocycles. The van der Waals surface area contributed by atoms with Crippen LogP contribution in [0.3, 0.4) is 0 Å². The first-order valence-electron chi connectivity index (χ1n) is 5.33. The number of hydrogen-bond donors (Lipinski definition) is 0. The van der Waals surface area contributed by atoms with Gasteiger partial charge in [0, 0.05) is 4.47 Å². The van der Waals surface area contributed by atoms with Gasteiger partial charge in [-0.05, 0) is 35.4 Å². The molecule has 2 nitrogen and oxygen atoms in total. The van der Waals surface area contributed by atoms with E-state index >= 15 is 0 Å². The lowest BCUT2D eigenvalue weighted by Gasteiger charge is -2.09. The van der Waals surface area contributed by atoms with Gasteiger partial charge in [-0.3, -0.25) is 4.79 Å². The minimum Gasteiger partial charge on any atom is -0.488 e. The van der Waals surface area contributed by atoms with Gasteiger partial charge in [0.2, 0.25) is 0 Å². The summed E-state index contributed by atoms with van der Waals surface area (Å²) in [5.74, 6) is 0.480. The van der Waals surface area contributed by atoms with Crippen molar-refractivity contribution in [3.8, 4) is 5.75 Å². The summed E-state index contributed by atoms with van der Waals surface area (Å²) in [6.07, 6.45) is 0. The molecule has 92 valence electrons. The third kappa shape index (κ3) is 3.34. The maximum atomic E-state index is 11.3. The Morgan fingerprint density at radius 1 is 1.17 bits per heavy atom. The molecule has 0 aromatic heterocycles. The van der Waals surface area contributed by atoms with E-state index in [0.717, 1.165) is 10.0 Å². The molecule has 0 saturated heterocycles. The average Bonchev–Trinajstić information content (AvgIpc) is 2.37. The van der Waals surface area contributed by atoms with Crippen LogP contribution < -0.4 is 4.74 Å². The molecule has 0 heterocycles. The van der Waals surface area contributed by atoms with E-state index in [1.165, 1.54) is 0 Å². The van der Waals surface area contributed by atoms with Crippen molar-refractivity contribution in [3.63, 3.8) is 0 Å². The minimum atomic E-state index is -0.523. The summed E-state index contributed by atoms with van der Waals surface area (Å²) in [5.41, 5.74) is 1.40. The Labute approximate surface area is 119 Å². The Balaban J connectivity index is 2.18. The van der Waals surface area contributed by atoms with Gasteiger partial charge in [0.25, 0.3) is 5.24 Å². The van der Waals surface area contributed by atoms with E-state index in [4.69, 9.17) is 16.3 Å². The highest BCUT2D eigenvalue weighted by Gasteiger charge is 2.10. The molecule has 0 amide bonds. The van der Waals surface area contributed by atoms with E-state index in [1.807, 2.05) is 30.3 Å². The van der Waals surface area contributed by atoms with Crippen molar-refractivity contribution < 1.29 is 9.53 Å². The molecular formula is C14H10BrClO2. The first-order valence-corrected chi connectivity index (χ1v) is 6.50. The highest BCUT2D eigenvalue weighted by atomic mass is 79.9. The lowest BCUT2D eigenvalue weighted by Crippen LogP contribution is -2.00. The molecule has 0 spiro atoms. The van der Waals surface area contributed by atoms with Gasteiger partial charge in [0.15, 0.2) is 0 Å². The maximum absolute atomic E-state index is 11.3. The largest absolute Gasteiger partial charge is 0.488 e. The summed E-state index contributed by atoms with van der Waals surface area (Å²) in [4.78, 5) is 11.3. The van der Waals surface area contributed by atoms with Crippen LogP contribution in [0.25, 0.3) is 0 Å². The molecule has 0 atom stereocenters. The molecular weight excluding hydrogens is 316 g/mol. The van der Waals surface area contributed by atoms with Crippen molar-refractivity contribution in [1.82, 2.24) is 0 Å². The average molecular weight is 326 g/mol. The van der Waals surface area contributed by atoms with Crippen LogP contribution >= 0.6 is 27.5 Å². The van der Waals surface area contributed by atoms with E-state index in [1.54, 1.807) is 18.2 Å². The highest BCUT2D eigenvalue weighted by Crippen LogP contribution is 2.26. The Morgan fingerprint density at radius 2 is 1.89 bits per heavy atom. The monoisotopic (exact) mass is 324 g/mol. The number of halogens is 2. The second kappa shape index (κ2) is 6.03. The van der Waals surface area contributed by atoms with Crippen molar-refractivity contribution in [2.24, 2.45) is 0 Å². The molecule has 0 bridgehead atoms. The van der Waals surface area contributed by atoms with Crippen molar-refractivity contribution >= 4 is 32.8 Å². The molecule has 18 heavy (non-hydrogen) atoms. The Morgan fingerprint density at radius 3 is 2.56 bits per heavy atom. The SMILES string of the molecule is O=C(Cl)c1ccc(Br)cc1OCc1ccccc1. The fourth-order valence-electron chi connectivity index (χ4n) is 1.51. The first kappa shape index (κ1) is 13.1. The van der Waals surface area contributed by atoms with Crippen molar-refractivity contribution in [2.45, 2.75) is 6.61 Å². The lowest BCUT2D eigenvalue weighted by atomic mass is 10.2. The molecule has 2 aromatic rings. The van der Waals surface area contributed by atoms with E-state index in [2.05, 4.69) is 15.9 Å². The van der Waals surface area contributed by atoms with Crippen LogP contribution in [0.4, 0.5) is 0 Å². The first-order chi connectivity index (χ1) is 8.66. The highest BCUT2D eigenvalue weighted by molar-refractivity contribution is 9.10. The van der Waals surface area contributed by atoms with E-state index < -0.39 is 5.24 Å². The second-order valence-electron chi connectivity index (χ2n) is 3.69. The smallest absolute Gasteiger partial charge is 0.256 e. The summed E-state index contributed by atoms with van der Waals surface area (Å²) in [5, 5.41) is -0.523. The Bertz CT molecular complexity index is 555. The number of benzene rings is 2. The fraction of sp³-hybridized carbons (Fsp3) is 0.0714. The number of ether oxygens (including phenoxy) is 1. The zero-order valence-electron chi connectivity index (χ0n) is 9.40. The standard InChI is InChI=1S/C14H10BrClO2/c15-11-6-7-12(14(16)17)13(8-11)18-9-10-4-2-1-3-5-10/h1-8H,9H2. The summed E-state index contributed by atoms with van der Waals surface area (Å²) < 4.78 is 6.47. The minimum absolute atomic E-state index is 0.371. The molecule has 0 aliphatic rings. The lowest BCUT2D eigenvalue weighted by molar-refractivity contribution is 0.107. The normalized spacial score (nSPS) is 10.1. The second-order valence-corrected chi connectivity index (χ2v) is 4.95. The van der Waals surface area contributed by atoms with Crippen LogP contribution in [0.1, 0.15) is 15.9 Å². The van der Waals surface area contributed by atoms with Gasteiger partial charge in [0.1, 0.15) is 12.4 Å². The summed E-state index contributed by atoms with van der Waals surface area (Å²) >= 11 is 8.85. The van der Waals surface area contributed by atoms with Gasteiger partial charge >= 0.3 is 0 Å². The van der Waals surface area contributed by atoms with E-state index in [-0.39, 0.29) is 0 Å². The van der Waals surface area contributed by atoms with Gasteiger partial charge in [-0.2, -0.15) is 0 Å². The molecule has 2 rings (SSSR count). The van der Waals surface area contributed by atoms with Crippen molar-refractivity contribution in [3.05, 3.63) is 64.1 Å². The number of carbonyl (C=O) groups is 1. The van der Waals surface area contributed by atoms with Crippen LogP contribution in [-0.2, 0) is 6.61 Å². The van der Waals surface area contributed by atoms with E-state index in [9.17, 15) is 4.79 Å². The van der Waals surface area contributed by atoms with Gasteiger partial charge in [-0.15, -0.1) is 0 Å². The topological polar surface area (TPSA) is 26.3 Å². The molecule has 0 fully saturated rings. The van der Waals surface area contributed by atoms with Crippen LogP contribution in [0.15, 0.2) is 53.0 Å². The predicted octanol–water partition coefficient (Wildman–Crippen LogP) is 4.41. The van der Waals surface area contributed by atoms with Gasteiger partial charge in [-0.25, -0.2) is 0 Å². The predicted molar refractivity (Wildman–Crippen MR) is 75.1 cm³/mol. The molecule has 4 heteroatoms.